The maximum absolute atomic E-state index is 10.9. The molecule has 0 aliphatic heterocycles. The van der Waals surface area contributed by atoms with Gasteiger partial charge in [-0.1, -0.05) is 45.3 Å². The van der Waals surface area contributed by atoms with Crippen molar-refractivity contribution in [3.05, 3.63) is 11.6 Å². The first-order chi connectivity index (χ1) is 14.9. The van der Waals surface area contributed by atoms with E-state index in [1.807, 2.05) is 0 Å². The number of aliphatic hydroxyl groups excluding tert-OH is 1. The fraction of sp³-hybridized carbons (Fsp3) is 0.923. The van der Waals surface area contributed by atoms with Crippen LogP contribution in [0.1, 0.15) is 98.3 Å². The summed E-state index contributed by atoms with van der Waals surface area (Å²) in [4.78, 5) is 0. The summed E-state index contributed by atoms with van der Waals surface area (Å²) in [5.41, 5.74) is 2.26. The van der Waals surface area contributed by atoms with Crippen molar-refractivity contribution in [3.63, 3.8) is 0 Å². The highest BCUT2D eigenvalue weighted by molar-refractivity contribution is 7.80. The Morgan fingerprint density at radius 3 is 2.56 bits per heavy atom. The van der Waals surface area contributed by atoms with Gasteiger partial charge in [0, 0.05) is 0 Å². The summed E-state index contributed by atoms with van der Waals surface area (Å²) in [5.74, 6) is 3.72. The molecule has 0 saturated heterocycles. The molecule has 0 bridgehead atoms. The molecule has 3 fully saturated rings. The zero-order chi connectivity index (χ0) is 23.3. The van der Waals surface area contributed by atoms with Gasteiger partial charge in [-0.2, -0.15) is 8.42 Å². The Balaban J connectivity index is 1.39. The Kier molecular flexibility index (Phi) is 6.92. The molecule has 0 aromatic carbocycles. The van der Waals surface area contributed by atoms with E-state index in [0.29, 0.717) is 23.2 Å². The second-order valence-electron chi connectivity index (χ2n) is 12.1. The van der Waals surface area contributed by atoms with E-state index in [2.05, 4.69) is 31.0 Å². The zero-order valence-corrected chi connectivity index (χ0v) is 21.2. The molecule has 0 aromatic heterocycles. The van der Waals surface area contributed by atoms with Gasteiger partial charge in [0.2, 0.25) is 0 Å². The summed E-state index contributed by atoms with van der Waals surface area (Å²) in [6.45, 7) is 9.16. The Morgan fingerprint density at radius 1 is 1.09 bits per heavy atom. The molecule has 4 aliphatic carbocycles. The molecule has 0 radical (unpaired) electrons. The molecule has 184 valence electrons. The third-order valence-electron chi connectivity index (χ3n) is 10.4. The fourth-order valence-corrected chi connectivity index (χ4v) is 9.31. The average Bonchev–Trinajstić information content (AvgIpc) is 3.04. The first-order valence-corrected chi connectivity index (χ1v) is 14.3. The molecule has 9 atom stereocenters. The number of hydrogen-bond donors (Lipinski definition) is 2. The minimum atomic E-state index is -4.36. The van der Waals surface area contributed by atoms with Crippen LogP contribution in [-0.2, 0) is 14.6 Å². The summed E-state index contributed by atoms with van der Waals surface area (Å²) in [7, 11) is -4.36. The molecular formula is C26H44O5S. The highest BCUT2D eigenvalue weighted by Gasteiger charge is 2.59. The molecule has 2 N–H and O–H groups in total. The van der Waals surface area contributed by atoms with Gasteiger partial charge in [-0.05, 0) is 105 Å². The predicted octanol–water partition coefficient (Wildman–Crippen LogP) is 5.94. The third-order valence-corrected chi connectivity index (χ3v) is 11.0. The van der Waals surface area contributed by atoms with E-state index in [-0.39, 0.29) is 6.10 Å². The largest absolute Gasteiger partial charge is 0.397 e. The van der Waals surface area contributed by atoms with Crippen molar-refractivity contribution >= 4 is 10.4 Å². The lowest BCUT2D eigenvalue weighted by molar-refractivity contribution is -0.0573. The van der Waals surface area contributed by atoms with Crippen LogP contribution < -0.4 is 0 Å². The number of aliphatic hydroxyl groups is 1. The number of hydrogen-bond acceptors (Lipinski definition) is 4. The van der Waals surface area contributed by atoms with Crippen molar-refractivity contribution in [1.82, 2.24) is 0 Å². The molecule has 4 rings (SSSR count). The molecule has 4 aliphatic rings. The Bertz CT molecular complexity index is 822. The molecule has 0 heterocycles. The molecule has 32 heavy (non-hydrogen) atoms. The van der Waals surface area contributed by atoms with Crippen LogP contribution >= 0.6 is 0 Å². The zero-order valence-electron chi connectivity index (χ0n) is 20.4. The first kappa shape index (κ1) is 24.7. The van der Waals surface area contributed by atoms with Crippen molar-refractivity contribution < 1.29 is 22.3 Å². The lowest BCUT2D eigenvalue weighted by atomic mass is 9.47. The van der Waals surface area contributed by atoms with E-state index < -0.39 is 16.5 Å². The molecule has 5 nitrogen and oxygen atoms in total. The van der Waals surface area contributed by atoms with E-state index in [4.69, 9.17) is 4.55 Å². The van der Waals surface area contributed by atoms with Crippen LogP contribution in [0.3, 0.4) is 0 Å². The second kappa shape index (κ2) is 8.98. The normalized spacial score (nSPS) is 43.6. The average molecular weight is 469 g/mol. The van der Waals surface area contributed by atoms with E-state index >= 15 is 0 Å². The highest BCUT2D eigenvalue weighted by Crippen LogP contribution is 2.67. The number of allylic oxidation sites excluding steroid dienone is 1. The lowest BCUT2D eigenvalue weighted by Crippen LogP contribution is -2.50. The summed E-state index contributed by atoms with van der Waals surface area (Å²) < 4.78 is 35.4. The molecule has 0 aromatic rings. The van der Waals surface area contributed by atoms with Crippen LogP contribution in [-0.4, -0.2) is 30.3 Å². The minimum absolute atomic E-state index is 0.137. The van der Waals surface area contributed by atoms with Crippen molar-refractivity contribution in [2.45, 2.75) is 111 Å². The van der Waals surface area contributed by atoms with Gasteiger partial charge in [-0.25, -0.2) is 4.18 Å². The van der Waals surface area contributed by atoms with Gasteiger partial charge in [-0.3, -0.25) is 4.55 Å². The number of fused-ring (bicyclic) bond motifs is 5. The summed E-state index contributed by atoms with van der Waals surface area (Å²) in [5, 5.41) is 10.2. The second-order valence-corrected chi connectivity index (χ2v) is 13.2. The minimum Gasteiger partial charge on any atom is -0.393 e. The Hall–Kier alpha value is -0.430. The van der Waals surface area contributed by atoms with E-state index in [9.17, 15) is 13.5 Å². The van der Waals surface area contributed by atoms with Crippen LogP contribution in [0.5, 0.6) is 0 Å². The van der Waals surface area contributed by atoms with Gasteiger partial charge in [-0.15, -0.1) is 0 Å². The monoisotopic (exact) mass is 468 g/mol. The topological polar surface area (TPSA) is 83.8 Å². The lowest BCUT2D eigenvalue weighted by Gasteiger charge is -2.58. The summed E-state index contributed by atoms with van der Waals surface area (Å²) >= 11 is 0. The van der Waals surface area contributed by atoms with Gasteiger partial charge in [0.05, 0.1) is 12.2 Å². The number of rotatable bonds is 7. The summed E-state index contributed by atoms with van der Waals surface area (Å²) in [6, 6.07) is 0. The van der Waals surface area contributed by atoms with Crippen molar-refractivity contribution in [1.29, 1.82) is 0 Å². The van der Waals surface area contributed by atoms with E-state index in [1.54, 1.807) is 12.5 Å². The molecule has 3 saturated carbocycles. The quantitative estimate of drug-likeness (QED) is 0.357. The third kappa shape index (κ3) is 4.58. The maximum Gasteiger partial charge on any atom is 0.397 e. The molecule has 0 amide bonds. The maximum atomic E-state index is 10.9. The van der Waals surface area contributed by atoms with E-state index in [1.165, 1.54) is 32.1 Å². The smallest absolute Gasteiger partial charge is 0.393 e. The van der Waals surface area contributed by atoms with Crippen molar-refractivity contribution in [2.24, 2.45) is 40.4 Å². The Morgan fingerprint density at radius 2 is 1.84 bits per heavy atom. The van der Waals surface area contributed by atoms with Gasteiger partial charge < -0.3 is 5.11 Å². The first-order valence-electron chi connectivity index (χ1n) is 13.0. The van der Waals surface area contributed by atoms with Gasteiger partial charge in [0.1, 0.15) is 0 Å². The van der Waals surface area contributed by atoms with Crippen LogP contribution in [0.4, 0.5) is 0 Å². The fourth-order valence-electron chi connectivity index (χ4n) is 8.80. The predicted molar refractivity (Wildman–Crippen MR) is 126 cm³/mol. The Labute approximate surface area is 195 Å². The SMILES string of the molecule is CC(CCCC(C)C1CCC2C3CC=C4C[C@H](O)CCC4(C)C3CCC12C)OS(=O)(=O)O. The van der Waals surface area contributed by atoms with Crippen LogP contribution in [0.25, 0.3) is 0 Å². The van der Waals surface area contributed by atoms with Gasteiger partial charge in [0.25, 0.3) is 0 Å². The van der Waals surface area contributed by atoms with Crippen LogP contribution in [0.15, 0.2) is 11.6 Å². The molecule has 8 unspecified atom stereocenters. The highest BCUT2D eigenvalue weighted by atomic mass is 32.3. The van der Waals surface area contributed by atoms with Crippen LogP contribution in [0.2, 0.25) is 0 Å². The van der Waals surface area contributed by atoms with Crippen molar-refractivity contribution in [2.75, 3.05) is 0 Å². The molecule has 6 heteroatoms. The van der Waals surface area contributed by atoms with Crippen LogP contribution in [0, 0.1) is 40.4 Å². The standard InChI is InChI=1S/C26H44O5S/c1-17(6-5-7-18(2)31-32(28,29)30)22-10-11-23-21-9-8-19-16-20(27)12-14-25(19,3)24(21)13-15-26(22,23)4/h8,17-18,20-24,27H,5-7,9-16H2,1-4H3,(H,28,29,30)/t17?,18?,20-,21?,22?,23?,24?,25?,26?/m1/s1. The van der Waals surface area contributed by atoms with Gasteiger partial charge >= 0.3 is 10.4 Å². The van der Waals surface area contributed by atoms with Gasteiger partial charge in [0.15, 0.2) is 0 Å². The molecular weight excluding hydrogens is 424 g/mol. The van der Waals surface area contributed by atoms with Crippen molar-refractivity contribution in [3.8, 4) is 0 Å². The molecule has 0 spiro atoms. The summed E-state index contributed by atoms with van der Waals surface area (Å²) in [6.07, 6.45) is 14.1. The van der Waals surface area contributed by atoms with E-state index in [0.717, 1.165) is 55.8 Å².